The van der Waals surface area contributed by atoms with Crippen LogP contribution in [0.15, 0.2) is 30.5 Å². The van der Waals surface area contributed by atoms with Gasteiger partial charge in [-0.3, -0.25) is 0 Å². The van der Waals surface area contributed by atoms with Crippen molar-refractivity contribution in [1.82, 2.24) is 9.78 Å². The number of carbonyl (C=O) groups excluding carboxylic acids is 2. The number of nitrogens with zero attached hydrogens (tertiary/aromatic N) is 2. The zero-order valence-corrected chi connectivity index (χ0v) is 17.1. The number of halogens is 3. The summed E-state index contributed by atoms with van der Waals surface area (Å²) in [6.45, 7) is 5.34. The van der Waals surface area contributed by atoms with Gasteiger partial charge in [0.05, 0.1) is 18.5 Å². The molecule has 1 aliphatic rings. The van der Waals surface area contributed by atoms with E-state index in [1.807, 2.05) is 6.07 Å². The molecule has 0 atom stereocenters. The first-order valence-corrected chi connectivity index (χ1v) is 9.72. The van der Waals surface area contributed by atoms with Crippen LogP contribution in [0.1, 0.15) is 48.0 Å². The number of carbonyl (C=O) groups is 2. The highest BCUT2D eigenvalue weighted by Gasteiger charge is 2.42. The molecule has 0 aliphatic carbocycles. The van der Waals surface area contributed by atoms with Crippen molar-refractivity contribution in [2.45, 2.75) is 38.9 Å². The van der Waals surface area contributed by atoms with E-state index in [0.717, 1.165) is 33.8 Å². The van der Waals surface area contributed by atoms with Gasteiger partial charge in [0.15, 0.2) is 5.69 Å². The fraction of sp³-hybridized carbons (Fsp3) is 0.318. The number of hydrogen-bond acceptors (Lipinski definition) is 5. The lowest BCUT2D eigenvalue weighted by molar-refractivity contribution is -0.143. The predicted molar refractivity (Wildman–Crippen MR) is 108 cm³/mol. The molecule has 3 aromatic rings. The third-order valence-corrected chi connectivity index (χ3v) is 5.43. The Hall–Kier alpha value is -3.36. The second-order valence-corrected chi connectivity index (χ2v) is 7.89. The van der Waals surface area contributed by atoms with E-state index in [1.165, 1.54) is 13.0 Å². The van der Waals surface area contributed by atoms with Gasteiger partial charge in [-0.1, -0.05) is 18.2 Å². The smallest absolute Gasteiger partial charge is 0.434 e. The Morgan fingerprint density at radius 1 is 1.32 bits per heavy atom. The van der Waals surface area contributed by atoms with Crippen LogP contribution in [-0.2, 0) is 27.7 Å². The molecule has 0 radical (unpaired) electrons. The molecule has 6 nitrogen and oxygen atoms in total. The highest BCUT2D eigenvalue weighted by atomic mass is 19.4. The average Bonchev–Trinajstić information content (AvgIpc) is 3.34. The van der Waals surface area contributed by atoms with Gasteiger partial charge < -0.3 is 14.8 Å². The van der Waals surface area contributed by atoms with E-state index in [0.29, 0.717) is 17.5 Å². The van der Waals surface area contributed by atoms with Crippen LogP contribution in [0, 0.1) is 0 Å². The first-order valence-electron chi connectivity index (χ1n) is 9.72. The van der Waals surface area contributed by atoms with Gasteiger partial charge >= 0.3 is 12.1 Å². The summed E-state index contributed by atoms with van der Waals surface area (Å²) < 4.78 is 47.7. The molecule has 2 aromatic carbocycles. The van der Waals surface area contributed by atoms with Crippen molar-refractivity contribution in [3.05, 3.63) is 52.8 Å². The van der Waals surface area contributed by atoms with Gasteiger partial charge in [-0.2, -0.15) is 18.3 Å². The Balaban J connectivity index is 2.09. The standard InChI is InChI=1S/C22H20F3N3O3/c1-4-31-20(30)14-10-27-28(19(14)22(23,24)25)16-8-15(21(2,3)11-29)18-17-12(9-26-18)6-5-7-13(16)17/h5-8,10-11,26H,4,9H2,1-3H3. The number of aromatic nitrogens is 2. The maximum absolute atomic E-state index is 14.1. The van der Waals surface area contributed by atoms with Crippen LogP contribution in [-0.4, -0.2) is 28.6 Å². The maximum atomic E-state index is 14.1. The van der Waals surface area contributed by atoms with Crippen molar-refractivity contribution < 1.29 is 27.5 Å². The van der Waals surface area contributed by atoms with Gasteiger partial charge in [0.2, 0.25) is 0 Å². The fourth-order valence-corrected chi connectivity index (χ4v) is 3.95. The molecular formula is C22H20F3N3O3. The number of rotatable bonds is 5. The topological polar surface area (TPSA) is 73.2 Å². The molecule has 0 fully saturated rings. The molecule has 0 bridgehead atoms. The van der Waals surface area contributed by atoms with Crippen molar-refractivity contribution in [3.8, 4) is 5.69 Å². The summed E-state index contributed by atoms with van der Waals surface area (Å²) in [5, 5.41) is 8.46. The predicted octanol–water partition coefficient (Wildman–Crippen LogP) is 4.62. The average molecular weight is 431 g/mol. The minimum atomic E-state index is -4.86. The Kier molecular flexibility index (Phi) is 4.79. The van der Waals surface area contributed by atoms with E-state index >= 15 is 0 Å². The summed E-state index contributed by atoms with van der Waals surface area (Å²) >= 11 is 0. The SMILES string of the molecule is CCOC(=O)c1cnn(-c2cc(C(C)(C)C=O)c3c4c(cccc24)CN3)c1C(F)(F)F. The Labute approximate surface area is 176 Å². The summed E-state index contributed by atoms with van der Waals surface area (Å²) in [5.41, 5.74) is -0.521. The minimum absolute atomic E-state index is 0.0638. The number of ether oxygens (including phenoxy) is 1. The van der Waals surface area contributed by atoms with E-state index in [1.54, 1.807) is 26.0 Å². The van der Waals surface area contributed by atoms with E-state index in [4.69, 9.17) is 4.74 Å². The molecule has 0 saturated carbocycles. The number of esters is 1. The number of nitrogens with one attached hydrogen (secondary N) is 1. The van der Waals surface area contributed by atoms with Crippen LogP contribution < -0.4 is 5.32 Å². The zero-order chi connectivity index (χ0) is 22.6. The van der Waals surface area contributed by atoms with E-state index < -0.39 is 28.8 Å². The summed E-state index contributed by atoms with van der Waals surface area (Å²) in [4.78, 5) is 24.0. The third kappa shape index (κ3) is 3.24. The Morgan fingerprint density at radius 3 is 2.71 bits per heavy atom. The molecule has 0 amide bonds. The summed E-state index contributed by atoms with van der Waals surface area (Å²) in [6, 6.07) is 6.87. The maximum Gasteiger partial charge on any atom is 0.434 e. The third-order valence-electron chi connectivity index (χ3n) is 5.43. The molecule has 0 spiro atoms. The van der Waals surface area contributed by atoms with Gasteiger partial charge in [-0.15, -0.1) is 0 Å². The number of aldehydes is 1. The van der Waals surface area contributed by atoms with E-state index in [9.17, 15) is 22.8 Å². The molecular weight excluding hydrogens is 411 g/mol. The molecule has 9 heteroatoms. The molecule has 1 aromatic heterocycles. The second-order valence-electron chi connectivity index (χ2n) is 7.89. The largest absolute Gasteiger partial charge is 0.462 e. The van der Waals surface area contributed by atoms with Crippen LogP contribution >= 0.6 is 0 Å². The molecule has 162 valence electrons. The van der Waals surface area contributed by atoms with Crippen LogP contribution in [0.5, 0.6) is 0 Å². The first kappa shape index (κ1) is 20.9. The van der Waals surface area contributed by atoms with Gasteiger partial charge in [-0.25, -0.2) is 9.48 Å². The molecule has 2 heterocycles. The lowest BCUT2D eigenvalue weighted by atomic mass is 9.83. The van der Waals surface area contributed by atoms with Crippen LogP contribution in [0.2, 0.25) is 0 Å². The molecule has 0 unspecified atom stereocenters. The first-order chi connectivity index (χ1) is 14.6. The summed E-state index contributed by atoms with van der Waals surface area (Å²) in [5.74, 6) is -1.10. The van der Waals surface area contributed by atoms with Crippen molar-refractivity contribution in [3.63, 3.8) is 0 Å². The molecule has 4 rings (SSSR count). The summed E-state index contributed by atoms with van der Waals surface area (Å²) in [7, 11) is 0. The van der Waals surface area contributed by atoms with Gasteiger partial charge in [0, 0.05) is 28.4 Å². The van der Waals surface area contributed by atoms with Gasteiger partial charge in [0.1, 0.15) is 11.8 Å². The van der Waals surface area contributed by atoms with Crippen molar-refractivity contribution in [2.24, 2.45) is 0 Å². The van der Waals surface area contributed by atoms with Crippen molar-refractivity contribution >= 4 is 28.7 Å². The molecule has 31 heavy (non-hydrogen) atoms. The van der Waals surface area contributed by atoms with Gasteiger partial charge in [-0.05, 0) is 38.0 Å². The lowest BCUT2D eigenvalue weighted by Gasteiger charge is -2.24. The van der Waals surface area contributed by atoms with Crippen molar-refractivity contribution in [1.29, 1.82) is 0 Å². The molecule has 0 saturated heterocycles. The number of alkyl halides is 3. The summed E-state index contributed by atoms with van der Waals surface area (Å²) in [6.07, 6.45) is -3.23. The van der Waals surface area contributed by atoms with E-state index in [2.05, 4.69) is 10.4 Å². The monoisotopic (exact) mass is 431 g/mol. The zero-order valence-electron chi connectivity index (χ0n) is 17.1. The quantitative estimate of drug-likeness (QED) is 0.471. The highest BCUT2D eigenvalue weighted by molar-refractivity contribution is 6.06. The number of hydrogen-bond donors (Lipinski definition) is 1. The van der Waals surface area contributed by atoms with Gasteiger partial charge in [0.25, 0.3) is 0 Å². The van der Waals surface area contributed by atoms with Crippen molar-refractivity contribution in [2.75, 3.05) is 11.9 Å². The Bertz CT molecular complexity index is 1210. The van der Waals surface area contributed by atoms with Crippen LogP contribution in [0.3, 0.4) is 0 Å². The minimum Gasteiger partial charge on any atom is -0.462 e. The molecule has 1 N–H and O–H groups in total. The van der Waals surface area contributed by atoms with Crippen LogP contribution in [0.4, 0.5) is 18.9 Å². The second kappa shape index (κ2) is 7.11. The van der Waals surface area contributed by atoms with E-state index in [-0.39, 0.29) is 12.3 Å². The molecule has 1 aliphatic heterocycles. The lowest BCUT2D eigenvalue weighted by Crippen LogP contribution is -2.22. The Morgan fingerprint density at radius 2 is 2.06 bits per heavy atom. The normalized spacial score (nSPS) is 13.4. The number of benzene rings is 2. The van der Waals surface area contributed by atoms with Crippen LogP contribution in [0.25, 0.3) is 16.5 Å². The highest BCUT2D eigenvalue weighted by Crippen LogP contribution is 2.44. The number of anilines is 1. The fourth-order valence-electron chi connectivity index (χ4n) is 3.95.